The van der Waals surface area contributed by atoms with E-state index in [1.54, 1.807) is 23.1 Å². The van der Waals surface area contributed by atoms with Crippen molar-refractivity contribution in [2.24, 2.45) is 0 Å². The predicted octanol–water partition coefficient (Wildman–Crippen LogP) is 5.80. The van der Waals surface area contributed by atoms with Gasteiger partial charge in [-0.1, -0.05) is 46.7 Å². The molecule has 3 aromatic rings. The van der Waals surface area contributed by atoms with Gasteiger partial charge in [0.15, 0.2) is 11.0 Å². The fraction of sp³-hybridized carbons (Fsp3) is 0.400. The molecule has 7 heteroatoms. The first-order valence-corrected chi connectivity index (χ1v) is 11.9. The van der Waals surface area contributed by atoms with Gasteiger partial charge in [-0.2, -0.15) is 0 Å². The maximum atomic E-state index is 5.89. The predicted molar refractivity (Wildman–Crippen MR) is 115 cm³/mol. The Morgan fingerprint density at radius 3 is 3.00 bits per heavy atom. The first-order chi connectivity index (χ1) is 13.2. The summed E-state index contributed by atoms with van der Waals surface area (Å²) in [7, 11) is 0. The van der Waals surface area contributed by atoms with Crippen molar-refractivity contribution in [1.29, 1.82) is 0 Å². The molecule has 0 saturated carbocycles. The van der Waals surface area contributed by atoms with Crippen LogP contribution in [-0.2, 0) is 23.5 Å². The minimum atomic E-state index is 0.259. The second kappa shape index (κ2) is 8.90. The Morgan fingerprint density at radius 2 is 2.26 bits per heavy atom. The number of thioether (sulfide) groups is 1. The van der Waals surface area contributed by atoms with Crippen LogP contribution in [0, 0.1) is 0 Å². The number of halogens is 1. The van der Waals surface area contributed by atoms with Crippen molar-refractivity contribution in [3.05, 3.63) is 50.6 Å². The molecule has 1 atom stereocenters. The normalized spacial score (nSPS) is 16.9. The Bertz CT molecular complexity index is 902. The summed E-state index contributed by atoms with van der Waals surface area (Å²) >= 11 is 7.08. The molecule has 27 heavy (non-hydrogen) atoms. The average molecular weight is 464 g/mol. The molecule has 0 bridgehead atoms. The molecular formula is C20H22BrN3OS2. The van der Waals surface area contributed by atoms with E-state index in [1.165, 1.54) is 10.4 Å². The zero-order valence-corrected chi connectivity index (χ0v) is 18.4. The largest absolute Gasteiger partial charge is 0.376 e. The Balaban J connectivity index is 1.59. The molecule has 142 valence electrons. The summed E-state index contributed by atoms with van der Waals surface area (Å²) in [6.07, 6.45) is 3.56. The van der Waals surface area contributed by atoms with Gasteiger partial charge in [-0.3, -0.25) is 4.57 Å². The highest BCUT2D eigenvalue weighted by Gasteiger charge is 2.22. The summed E-state index contributed by atoms with van der Waals surface area (Å²) in [6.45, 7) is 3.87. The van der Waals surface area contributed by atoms with Gasteiger partial charge in [-0.15, -0.1) is 21.5 Å². The Hall–Kier alpha value is -1.15. The van der Waals surface area contributed by atoms with Crippen LogP contribution in [0.25, 0.3) is 11.4 Å². The average Bonchev–Trinajstić information content (AvgIpc) is 3.41. The first kappa shape index (κ1) is 19.2. The highest BCUT2D eigenvalue weighted by Crippen LogP contribution is 2.31. The molecule has 1 aromatic carbocycles. The number of hydrogen-bond acceptors (Lipinski definition) is 5. The van der Waals surface area contributed by atoms with Crippen LogP contribution < -0.4 is 0 Å². The molecule has 0 spiro atoms. The van der Waals surface area contributed by atoms with E-state index in [2.05, 4.69) is 67.3 Å². The number of nitrogens with zero attached hydrogens (tertiary/aromatic N) is 3. The number of hydrogen-bond donors (Lipinski definition) is 0. The van der Waals surface area contributed by atoms with E-state index in [1.807, 2.05) is 6.07 Å². The van der Waals surface area contributed by atoms with E-state index in [-0.39, 0.29) is 6.10 Å². The topological polar surface area (TPSA) is 39.9 Å². The Morgan fingerprint density at radius 1 is 1.33 bits per heavy atom. The van der Waals surface area contributed by atoms with Crippen LogP contribution in [0.3, 0.4) is 0 Å². The molecule has 1 fully saturated rings. The molecule has 0 radical (unpaired) electrons. The fourth-order valence-corrected chi connectivity index (χ4v) is 5.37. The van der Waals surface area contributed by atoms with Gasteiger partial charge in [-0.05, 0) is 43.0 Å². The molecule has 4 nitrogen and oxygen atoms in total. The van der Waals surface area contributed by atoms with Gasteiger partial charge in [0.2, 0.25) is 0 Å². The van der Waals surface area contributed by atoms with Gasteiger partial charge >= 0.3 is 0 Å². The quantitative estimate of drug-likeness (QED) is 0.414. The zero-order valence-electron chi connectivity index (χ0n) is 15.2. The maximum absolute atomic E-state index is 5.89. The van der Waals surface area contributed by atoms with Crippen LogP contribution >= 0.6 is 39.0 Å². The van der Waals surface area contributed by atoms with Crippen molar-refractivity contribution in [1.82, 2.24) is 14.8 Å². The van der Waals surface area contributed by atoms with Crippen molar-refractivity contribution in [2.75, 3.05) is 6.61 Å². The molecule has 1 unspecified atom stereocenters. The number of rotatable bonds is 7. The van der Waals surface area contributed by atoms with Crippen LogP contribution in [-0.4, -0.2) is 27.5 Å². The molecule has 1 aliphatic rings. The number of aromatic nitrogens is 3. The summed E-state index contributed by atoms with van der Waals surface area (Å²) in [6, 6.07) is 10.7. The zero-order chi connectivity index (χ0) is 18.6. The van der Waals surface area contributed by atoms with Crippen molar-refractivity contribution in [3.8, 4) is 11.4 Å². The smallest absolute Gasteiger partial charge is 0.191 e. The molecule has 1 aliphatic heterocycles. The van der Waals surface area contributed by atoms with Gasteiger partial charge in [0, 0.05) is 32.7 Å². The van der Waals surface area contributed by atoms with Crippen LogP contribution in [0.5, 0.6) is 0 Å². The van der Waals surface area contributed by atoms with Crippen molar-refractivity contribution in [3.63, 3.8) is 0 Å². The van der Waals surface area contributed by atoms with Gasteiger partial charge in [0.05, 0.1) is 12.6 Å². The van der Waals surface area contributed by atoms with Gasteiger partial charge in [0.1, 0.15) is 0 Å². The molecule has 0 N–H and O–H groups in total. The van der Waals surface area contributed by atoms with E-state index >= 15 is 0 Å². The summed E-state index contributed by atoms with van der Waals surface area (Å²) in [5.41, 5.74) is 2.43. The minimum absolute atomic E-state index is 0.259. The van der Waals surface area contributed by atoms with E-state index in [0.29, 0.717) is 0 Å². The maximum Gasteiger partial charge on any atom is 0.191 e. The highest BCUT2D eigenvalue weighted by atomic mass is 79.9. The summed E-state index contributed by atoms with van der Waals surface area (Å²) in [5, 5.41) is 12.2. The molecular weight excluding hydrogens is 442 g/mol. The lowest BCUT2D eigenvalue weighted by molar-refractivity contribution is 0.0953. The third-order valence-electron chi connectivity index (χ3n) is 4.64. The van der Waals surface area contributed by atoms with Crippen LogP contribution in [0.1, 0.15) is 30.2 Å². The van der Waals surface area contributed by atoms with Crippen LogP contribution in [0.4, 0.5) is 0 Å². The monoisotopic (exact) mass is 463 g/mol. The van der Waals surface area contributed by atoms with Crippen LogP contribution in [0.15, 0.2) is 45.3 Å². The first-order valence-electron chi connectivity index (χ1n) is 9.22. The number of benzene rings is 1. The molecule has 3 heterocycles. The lowest BCUT2D eigenvalue weighted by Crippen LogP contribution is -2.16. The fourth-order valence-electron chi connectivity index (χ4n) is 3.22. The second-order valence-corrected chi connectivity index (χ2v) is 9.48. The second-order valence-electron chi connectivity index (χ2n) is 6.63. The summed E-state index contributed by atoms with van der Waals surface area (Å²) in [4.78, 5) is 1.38. The molecule has 2 aromatic heterocycles. The van der Waals surface area contributed by atoms with E-state index < -0.39 is 0 Å². The van der Waals surface area contributed by atoms with E-state index in [4.69, 9.17) is 4.74 Å². The van der Waals surface area contributed by atoms with E-state index in [0.717, 1.165) is 59.2 Å². The molecule has 0 amide bonds. The lowest BCUT2D eigenvalue weighted by Gasteiger charge is -2.14. The van der Waals surface area contributed by atoms with Crippen molar-refractivity contribution < 1.29 is 4.74 Å². The molecule has 4 rings (SSSR count). The summed E-state index contributed by atoms with van der Waals surface area (Å²) in [5.74, 6) is 1.82. The third-order valence-corrected chi connectivity index (χ3v) is 7.26. The standard InChI is InChI=1S/C20H22BrN3OS2/c1-2-18-10-15(13-26-18)19-22-23-20(24(19)11-17-7-4-8-25-17)27-12-14-5-3-6-16(21)9-14/h3,5-6,9-10,13,17H,2,4,7-8,11-12H2,1H3. The third kappa shape index (κ3) is 4.65. The number of ether oxygens (including phenoxy) is 1. The number of aryl methyl sites for hydroxylation is 1. The van der Waals surface area contributed by atoms with Crippen molar-refractivity contribution >= 4 is 39.0 Å². The molecule has 1 saturated heterocycles. The highest BCUT2D eigenvalue weighted by molar-refractivity contribution is 9.10. The van der Waals surface area contributed by atoms with E-state index in [9.17, 15) is 0 Å². The van der Waals surface area contributed by atoms with Crippen LogP contribution in [0.2, 0.25) is 0 Å². The van der Waals surface area contributed by atoms with Gasteiger partial charge < -0.3 is 4.74 Å². The Kier molecular flexibility index (Phi) is 6.32. The molecule has 0 aliphatic carbocycles. The van der Waals surface area contributed by atoms with Gasteiger partial charge in [0.25, 0.3) is 0 Å². The Labute approximate surface area is 176 Å². The lowest BCUT2D eigenvalue weighted by atomic mass is 10.2. The van der Waals surface area contributed by atoms with Crippen molar-refractivity contribution in [2.45, 2.75) is 49.7 Å². The minimum Gasteiger partial charge on any atom is -0.376 e. The summed E-state index contributed by atoms with van der Waals surface area (Å²) < 4.78 is 9.24. The van der Waals surface area contributed by atoms with Gasteiger partial charge in [-0.25, -0.2) is 0 Å². The SMILES string of the molecule is CCc1cc(-c2nnc(SCc3cccc(Br)c3)n2CC2CCCO2)cs1. The number of thiophene rings is 1.